The van der Waals surface area contributed by atoms with Crippen LogP contribution in [0.15, 0.2) is 41.5 Å². The standard InChI is InChI=1S/C19H21N3O6/c1-26-14-8-7-12(9-16(14)28-3)19(25)20-11-17(23)22-21-10-13-5-4-6-15(27-2)18(13)24/h4-10,24H,11H2,1-3H3,(H,20,25)(H,22,23)/b21-10+. The number of hydrogen-bond donors (Lipinski definition) is 3. The number of hydrogen-bond acceptors (Lipinski definition) is 7. The number of aromatic hydroxyl groups is 1. The largest absolute Gasteiger partial charge is 0.504 e. The summed E-state index contributed by atoms with van der Waals surface area (Å²) in [4.78, 5) is 24.0. The van der Waals surface area contributed by atoms with Gasteiger partial charge in [-0.05, 0) is 30.3 Å². The van der Waals surface area contributed by atoms with Crippen molar-refractivity contribution in [2.24, 2.45) is 5.10 Å². The second-order valence-electron chi connectivity index (χ2n) is 5.44. The highest BCUT2D eigenvalue weighted by Crippen LogP contribution is 2.28. The van der Waals surface area contributed by atoms with E-state index in [2.05, 4.69) is 15.8 Å². The molecule has 28 heavy (non-hydrogen) atoms. The van der Waals surface area contributed by atoms with Crippen molar-refractivity contribution >= 4 is 18.0 Å². The number of nitrogens with zero attached hydrogens (tertiary/aromatic N) is 1. The highest BCUT2D eigenvalue weighted by molar-refractivity contribution is 5.97. The van der Waals surface area contributed by atoms with Gasteiger partial charge in [-0.2, -0.15) is 5.10 Å². The number of hydrazone groups is 1. The van der Waals surface area contributed by atoms with E-state index in [1.54, 1.807) is 30.3 Å². The molecule has 9 nitrogen and oxygen atoms in total. The van der Waals surface area contributed by atoms with E-state index in [0.717, 1.165) is 0 Å². The number of ether oxygens (including phenoxy) is 3. The number of phenols is 1. The maximum Gasteiger partial charge on any atom is 0.259 e. The lowest BCUT2D eigenvalue weighted by Gasteiger charge is -2.09. The fraction of sp³-hybridized carbons (Fsp3) is 0.211. The number of nitrogens with one attached hydrogen (secondary N) is 2. The Hall–Kier alpha value is -3.75. The molecule has 0 aliphatic carbocycles. The van der Waals surface area contributed by atoms with E-state index in [1.165, 1.54) is 33.6 Å². The van der Waals surface area contributed by atoms with Crippen LogP contribution in [0.2, 0.25) is 0 Å². The number of benzene rings is 2. The first kappa shape index (κ1) is 20.6. The molecule has 9 heteroatoms. The molecule has 0 saturated carbocycles. The van der Waals surface area contributed by atoms with Crippen molar-refractivity contribution in [2.45, 2.75) is 0 Å². The molecule has 0 radical (unpaired) electrons. The van der Waals surface area contributed by atoms with E-state index >= 15 is 0 Å². The number of carbonyl (C=O) groups excluding carboxylic acids is 2. The molecule has 0 aliphatic heterocycles. The highest BCUT2D eigenvalue weighted by Gasteiger charge is 2.12. The molecule has 2 aromatic rings. The number of methoxy groups -OCH3 is 3. The molecule has 0 atom stereocenters. The Morgan fingerprint density at radius 3 is 2.43 bits per heavy atom. The molecular formula is C19H21N3O6. The molecule has 0 saturated heterocycles. The predicted molar refractivity (Wildman–Crippen MR) is 102 cm³/mol. The summed E-state index contributed by atoms with van der Waals surface area (Å²) in [5.74, 6) is 0.106. The first-order valence-electron chi connectivity index (χ1n) is 8.18. The molecule has 0 bridgehead atoms. The van der Waals surface area contributed by atoms with Gasteiger partial charge in [0, 0.05) is 11.1 Å². The van der Waals surface area contributed by atoms with Crippen LogP contribution in [-0.4, -0.2) is 51.0 Å². The van der Waals surface area contributed by atoms with Crippen molar-refractivity contribution in [1.82, 2.24) is 10.7 Å². The lowest BCUT2D eigenvalue weighted by atomic mass is 10.2. The number of para-hydroxylation sites is 1. The van der Waals surface area contributed by atoms with Crippen LogP contribution < -0.4 is 25.0 Å². The molecular weight excluding hydrogens is 366 g/mol. The van der Waals surface area contributed by atoms with Gasteiger partial charge in [0.25, 0.3) is 11.8 Å². The molecule has 2 aromatic carbocycles. The van der Waals surface area contributed by atoms with E-state index in [4.69, 9.17) is 14.2 Å². The van der Waals surface area contributed by atoms with Gasteiger partial charge in [0.1, 0.15) is 0 Å². The van der Waals surface area contributed by atoms with Gasteiger partial charge in [-0.15, -0.1) is 0 Å². The quantitative estimate of drug-likeness (QED) is 0.464. The number of rotatable bonds is 8. The Labute approximate surface area is 161 Å². The summed E-state index contributed by atoms with van der Waals surface area (Å²) in [5.41, 5.74) is 2.95. The van der Waals surface area contributed by atoms with Crippen molar-refractivity contribution in [1.29, 1.82) is 0 Å². The van der Waals surface area contributed by atoms with Gasteiger partial charge >= 0.3 is 0 Å². The molecule has 0 spiro atoms. The molecule has 0 heterocycles. The van der Waals surface area contributed by atoms with E-state index in [1.807, 2.05) is 0 Å². The summed E-state index contributed by atoms with van der Waals surface area (Å²) in [5, 5.41) is 16.2. The third kappa shape index (κ3) is 5.13. The van der Waals surface area contributed by atoms with Crippen molar-refractivity contribution < 1.29 is 28.9 Å². The second-order valence-corrected chi connectivity index (χ2v) is 5.44. The molecule has 2 rings (SSSR count). The summed E-state index contributed by atoms with van der Waals surface area (Å²) in [6.07, 6.45) is 1.27. The zero-order chi connectivity index (χ0) is 20.5. The van der Waals surface area contributed by atoms with Crippen LogP contribution >= 0.6 is 0 Å². The average molecular weight is 387 g/mol. The lowest BCUT2D eigenvalue weighted by Crippen LogP contribution is -2.34. The zero-order valence-corrected chi connectivity index (χ0v) is 15.7. The third-order valence-electron chi connectivity index (χ3n) is 3.70. The third-order valence-corrected chi connectivity index (χ3v) is 3.70. The number of carbonyl (C=O) groups is 2. The molecule has 0 aromatic heterocycles. The first-order valence-corrected chi connectivity index (χ1v) is 8.18. The van der Waals surface area contributed by atoms with E-state index in [9.17, 15) is 14.7 Å². The Morgan fingerprint density at radius 1 is 1.04 bits per heavy atom. The lowest BCUT2D eigenvalue weighted by molar-refractivity contribution is -0.120. The van der Waals surface area contributed by atoms with E-state index < -0.39 is 11.8 Å². The fourth-order valence-corrected chi connectivity index (χ4v) is 2.26. The molecule has 0 aliphatic rings. The first-order chi connectivity index (χ1) is 13.5. The van der Waals surface area contributed by atoms with Crippen LogP contribution in [0.3, 0.4) is 0 Å². The Kier molecular flexibility index (Phi) is 7.21. The van der Waals surface area contributed by atoms with Crippen LogP contribution in [0.25, 0.3) is 0 Å². The molecule has 0 fully saturated rings. The maximum atomic E-state index is 12.2. The minimum atomic E-state index is -0.535. The maximum absolute atomic E-state index is 12.2. The van der Waals surface area contributed by atoms with Crippen LogP contribution in [0, 0.1) is 0 Å². The van der Waals surface area contributed by atoms with Gasteiger partial charge in [0.15, 0.2) is 23.0 Å². The van der Waals surface area contributed by atoms with Gasteiger partial charge in [-0.1, -0.05) is 6.07 Å². The smallest absolute Gasteiger partial charge is 0.259 e. The minimum Gasteiger partial charge on any atom is -0.504 e. The monoisotopic (exact) mass is 387 g/mol. The number of amides is 2. The second kappa shape index (κ2) is 9.81. The van der Waals surface area contributed by atoms with Gasteiger partial charge in [0.2, 0.25) is 0 Å². The van der Waals surface area contributed by atoms with Crippen molar-refractivity contribution in [2.75, 3.05) is 27.9 Å². The SMILES string of the molecule is COc1ccc(C(=O)NCC(=O)N/N=C/c2cccc(OC)c2O)cc1OC. The van der Waals surface area contributed by atoms with Gasteiger partial charge < -0.3 is 24.6 Å². The van der Waals surface area contributed by atoms with Crippen LogP contribution in [-0.2, 0) is 4.79 Å². The topological polar surface area (TPSA) is 118 Å². The minimum absolute atomic E-state index is 0.0928. The summed E-state index contributed by atoms with van der Waals surface area (Å²) < 4.78 is 15.2. The van der Waals surface area contributed by atoms with E-state index in [0.29, 0.717) is 22.6 Å². The number of phenolic OH excluding ortho intramolecular Hbond substituents is 1. The fourth-order valence-electron chi connectivity index (χ4n) is 2.26. The van der Waals surface area contributed by atoms with Crippen molar-refractivity contribution in [3.8, 4) is 23.0 Å². The molecule has 2 amide bonds. The van der Waals surface area contributed by atoms with Gasteiger partial charge in [-0.3, -0.25) is 9.59 Å². The molecule has 3 N–H and O–H groups in total. The molecule has 148 valence electrons. The summed E-state index contributed by atoms with van der Waals surface area (Å²) in [6, 6.07) is 9.53. The van der Waals surface area contributed by atoms with Crippen molar-refractivity contribution in [3.63, 3.8) is 0 Å². The summed E-state index contributed by atoms with van der Waals surface area (Å²) >= 11 is 0. The van der Waals surface area contributed by atoms with E-state index in [-0.39, 0.29) is 18.0 Å². The highest BCUT2D eigenvalue weighted by atomic mass is 16.5. The Balaban J connectivity index is 1.89. The van der Waals surface area contributed by atoms with Crippen LogP contribution in [0.4, 0.5) is 0 Å². The Morgan fingerprint density at radius 2 is 1.75 bits per heavy atom. The van der Waals surface area contributed by atoms with Crippen LogP contribution in [0.5, 0.6) is 23.0 Å². The summed E-state index contributed by atoms with van der Waals surface area (Å²) in [6.45, 7) is -0.283. The summed E-state index contributed by atoms with van der Waals surface area (Å²) in [7, 11) is 4.39. The normalized spacial score (nSPS) is 10.4. The average Bonchev–Trinajstić information content (AvgIpc) is 2.72. The zero-order valence-electron chi connectivity index (χ0n) is 15.7. The van der Waals surface area contributed by atoms with Gasteiger partial charge in [-0.25, -0.2) is 5.43 Å². The van der Waals surface area contributed by atoms with Crippen molar-refractivity contribution in [3.05, 3.63) is 47.5 Å². The predicted octanol–water partition coefficient (Wildman–Crippen LogP) is 1.30. The van der Waals surface area contributed by atoms with Crippen LogP contribution in [0.1, 0.15) is 15.9 Å². The Bertz CT molecular complexity index is 882. The molecule has 0 unspecified atom stereocenters. The van der Waals surface area contributed by atoms with Gasteiger partial charge in [0.05, 0.1) is 34.1 Å².